The van der Waals surface area contributed by atoms with E-state index in [2.05, 4.69) is 13.5 Å². The summed E-state index contributed by atoms with van der Waals surface area (Å²) in [6.45, 7) is 5.89. The molecule has 0 aliphatic heterocycles. The molecule has 1 rings (SSSR count). The van der Waals surface area contributed by atoms with Gasteiger partial charge in [0.25, 0.3) is 0 Å². The first kappa shape index (κ1) is 16.5. The van der Waals surface area contributed by atoms with Crippen molar-refractivity contribution >= 4 is 11.5 Å². The van der Waals surface area contributed by atoms with Crippen molar-refractivity contribution in [2.45, 2.75) is 58.3 Å². The van der Waals surface area contributed by atoms with Gasteiger partial charge in [-0.1, -0.05) is 76.3 Å². The minimum atomic E-state index is -0.933. The number of hydrogen-bond donors (Lipinski definition) is 1. The standard InChI is InChI=1S/C18H26O2/c1-3-4-5-6-7-8-9-12-16-13-10-11-14-17(16)15(2)18(19)20/h10-11,13-14H,2-9,12H2,1H3,(H,19,20). The fraction of sp³-hybridized carbons (Fsp3) is 0.500. The van der Waals surface area contributed by atoms with Crippen LogP contribution in [0.3, 0.4) is 0 Å². The average molecular weight is 274 g/mol. The first-order valence-electron chi connectivity index (χ1n) is 7.67. The van der Waals surface area contributed by atoms with E-state index in [0.717, 1.165) is 24.0 Å². The Balaban J connectivity index is 2.40. The molecule has 0 atom stereocenters. The van der Waals surface area contributed by atoms with E-state index < -0.39 is 5.97 Å². The van der Waals surface area contributed by atoms with Gasteiger partial charge >= 0.3 is 5.97 Å². The van der Waals surface area contributed by atoms with E-state index >= 15 is 0 Å². The molecule has 2 nitrogen and oxygen atoms in total. The summed E-state index contributed by atoms with van der Waals surface area (Å²) in [6.07, 6.45) is 9.83. The predicted molar refractivity (Wildman–Crippen MR) is 84.8 cm³/mol. The summed E-state index contributed by atoms with van der Waals surface area (Å²) in [5, 5.41) is 9.05. The number of carboxylic acid groups (broad SMARTS) is 1. The number of hydrogen-bond acceptors (Lipinski definition) is 1. The van der Waals surface area contributed by atoms with Gasteiger partial charge in [-0.25, -0.2) is 4.79 Å². The summed E-state index contributed by atoms with van der Waals surface area (Å²) in [4.78, 5) is 11.0. The molecule has 0 aromatic heterocycles. The lowest BCUT2D eigenvalue weighted by atomic mass is 9.96. The summed E-state index contributed by atoms with van der Waals surface area (Å²) in [7, 11) is 0. The van der Waals surface area contributed by atoms with Crippen molar-refractivity contribution in [3.63, 3.8) is 0 Å². The molecule has 0 heterocycles. The van der Waals surface area contributed by atoms with Crippen molar-refractivity contribution < 1.29 is 9.90 Å². The second kappa shape index (κ2) is 9.35. The Morgan fingerprint density at radius 2 is 1.65 bits per heavy atom. The summed E-state index contributed by atoms with van der Waals surface area (Å²) in [5.74, 6) is -0.933. The Morgan fingerprint density at radius 1 is 1.05 bits per heavy atom. The Bertz CT molecular complexity index is 435. The summed E-state index contributed by atoms with van der Waals surface area (Å²) in [6, 6.07) is 7.71. The molecular formula is C18H26O2. The molecule has 1 aromatic rings. The SMILES string of the molecule is C=C(C(=O)O)c1ccccc1CCCCCCCCC. The van der Waals surface area contributed by atoms with Crippen molar-refractivity contribution in [1.29, 1.82) is 0 Å². The Hall–Kier alpha value is -1.57. The lowest BCUT2D eigenvalue weighted by Gasteiger charge is -2.09. The van der Waals surface area contributed by atoms with Gasteiger partial charge in [-0.05, 0) is 24.0 Å². The number of carbonyl (C=O) groups is 1. The highest BCUT2D eigenvalue weighted by Gasteiger charge is 2.10. The van der Waals surface area contributed by atoms with Gasteiger partial charge < -0.3 is 5.11 Å². The molecule has 20 heavy (non-hydrogen) atoms. The van der Waals surface area contributed by atoms with Crippen LogP contribution in [0.4, 0.5) is 0 Å². The van der Waals surface area contributed by atoms with E-state index in [1.54, 1.807) is 0 Å². The summed E-state index contributed by atoms with van der Waals surface area (Å²) in [5.41, 5.74) is 2.09. The van der Waals surface area contributed by atoms with Crippen LogP contribution in [-0.2, 0) is 11.2 Å². The zero-order valence-electron chi connectivity index (χ0n) is 12.5. The molecule has 2 heteroatoms. The number of aryl methyl sites for hydroxylation is 1. The van der Waals surface area contributed by atoms with Gasteiger partial charge in [0.15, 0.2) is 0 Å². The average Bonchev–Trinajstić information content (AvgIpc) is 2.46. The lowest BCUT2D eigenvalue weighted by molar-refractivity contribution is -0.130. The van der Waals surface area contributed by atoms with Gasteiger partial charge in [-0.15, -0.1) is 0 Å². The summed E-state index contributed by atoms with van der Waals surface area (Å²) < 4.78 is 0. The third-order valence-electron chi connectivity index (χ3n) is 3.65. The number of aliphatic carboxylic acids is 1. The fourth-order valence-corrected chi connectivity index (χ4v) is 2.42. The van der Waals surface area contributed by atoms with E-state index in [4.69, 9.17) is 5.11 Å². The quantitative estimate of drug-likeness (QED) is 0.477. The van der Waals surface area contributed by atoms with Crippen LogP contribution in [0.25, 0.3) is 5.57 Å². The molecular weight excluding hydrogens is 248 g/mol. The second-order valence-corrected chi connectivity index (χ2v) is 5.31. The van der Waals surface area contributed by atoms with Crippen molar-refractivity contribution in [2.24, 2.45) is 0 Å². The molecule has 0 unspecified atom stereocenters. The van der Waals surface area contributed by atoms with Gasteiger partial charge in [0.2, 0.25) is 0 Å². The first-order chi connectivity index (χ1) is 9.66. The van der Waals surface area contributed by atoms with Crippen LogP contribution in [0.15, 0.2) is 30.8 Å². The minimum absolute atomic E-state index is 0.198. The maximum Gasteiger partial charge on any atom is 0.335 e. The van der Waals surface area contributed by atoms with Crippen molar-refractivity contribution in [3.8, 4) is 0 Å². The molecule has 1 aromatic carbocycles. The van der Waals surface area contributed by atoms with E-state index in [1.807, 2.05) is 24.3 Å². The molecule has 0 spiro atoms. The molecule has 0 aliphatic rings. The number of carboxylic acids is 1. The normalized spacial score (nSPS) is 10.4. The summed E-state index contributed by atoms with van der Waals surface area (Å²) >= 11 is 0. The third kappa shape index (κ3) is 5.60. The van der Waals surface area contributed by atoms with Crippen molar-refractivity contribution in [1.82, 2.24) is 0 Å². The zero-order valence-corrected chi connectivity index (χ0v) is 12.5. The Morgan fingerprint density at radius 3 is 2.30 bits per heavy atom. The lowest BCUT2D eigenvalue weighted by Crippen LogP contribution is -2.01. The maximum atomic E-state index is 11.0. The van der Waals surface area contributed by atoms with Gasteiger partial charge in [-0.2, -0.15) is 0 Å². The van der Waals surface area contributed by atoms with E-state index in [1.165, 1.54) is 38.5 Å². The van der Waals surface area contributed by atoms with Crippen LogP contribution < -0.4 is 0 Å². The van der Waals surface area contributed by atoms with Crippen LogP contribution >= 0.6 is 0 Å². The van der Waals surface area contributed by atoms with Crippen LogP contribution in [-0.4, -0.2) is 11.1 Å². The predicted octanol–water partition coefficient (Wildman–Crippen LogP) is 5.08. The fourth-order valence-electron chi connectivity index (χ4n) is 2.42. The molecule has 1 N–H and O–H groups in total. The van der Waals surface area contributed by atoms with E-state index in [9.17, 15) is 4.79 Å². The molecule has 0 amide bonds. The third-order valence-corrected chi connectivity index (χ3v) is 3.65. The van der Waals surface area contributed by atoms with Gasteiger partial charge in [0, 0.05) is 0 Å². The van der Waals surface area contributed by atoms with Crippen LogP contribution in [0.1, 0.15) is 63.0 Å². The largest absolute Gasteiger partial charge is 0.478 e. The minimum Gasteiger partial charge on any atom is -0.478 e. The molecule has 0 bridgehead atoms. The highest BCUT2D eigenvalue weighted by Crippen LogP contribution is 2.20. The first-order valence-corrected chi connectivity index (χ1v) is 7.67. The van der Waals surface area contributed by atoms with Crippen molar-refractivity contribution in [2.75, 3.05) is 0 Å². The number of rotatable bonds is 10. The molecule has 0 saturated carbocycles. The molecule has 0 aliphatic carbocycles. The number of unbranched alkanes of at least 4 members (excludes halogenated alkanes) is 6. The molecule has 110 valence electrons. The van der Waals surface area contributed by atoms with Gasteiger partial charge in [0.1, 0.15) is 0 Å². The van der Waals surface area contributed by atoms with Gasteiger partial charge in [0.05, 0.1) is 5.57 Å². The highest BCUT2D eigenvalue weighted by atomic mass is 16.4. The Kier molecular flexibility index (Phi) is 7.71. The number of benzene rings is 1. The van der Waals surface area contributed by atoms with Gasteiger partial charge in [-0.3, -0.25) is 0 Å². The second-order valence-electron chi connectivity index (χ2n) is 5.31. The van der Waals surface area contributed by atoms with Crippen LogP contribution in [0.2, 0.25) is 0 Å². The molecule has 0 radical (unpaired) electrons. The topological polar surface area (TPSA) is 37.3 Å². The zero-order chi connectivity index (χ0) is 14.8. The van der Waals surface area contributed by atoms with E-state index in [0.29, 0.717) is 0 Å². The van der Waals surface area contributed by atoms with Crippen molar-refractivity contribution in [3.05, 3.63) is 42.0 Å². The van der Waals surface area contributed by atoms with E-state index in [-0.39, 0.29) is 5.57 Å². The maximum absolute atomic E-state index is 11.0. The Labute approximate surface area is 122 Å². The molecule has 0 saturated heterocycles. The van der Waals surface area contributed by atoms with Crippen LogP contribution in [0, 0.1) is 0 Å². The molecule has 0 fully saturated rings. The monoisotopic (exact) mass is 274 g/mol. The smallest absolute Gasteiger partial charge is 0.335 e. The van der Waals surface area contributed by atoms with Crippen LogP contribution in [0.5, 0.6) is 0 Å². The highest BCUT2D eigenvalue weighted by molar-refractivity contribution is 6.14.